The van der Waals surface area contributed by atoms with Gasteiger partial charge in [0, 0.05) is 17.2 Å². The molecule has 0 fully saturated rings. The summed E-state index contributed by atoms with van der Waals surface area (Å²) in [4.78, 5) is 29.5. The van der Waals surface area contributed by atoms with Crippen molar-refractivity contribution in [1.29, 1.82) is 0 Å². The number of rotatable bonds is 1. The number of allylic oxidation sites excluding steroid dienone is 3. The molecule has 1 aromatic carbocycles. The third kappa shape index (κ3) is 3.18. The summed E-state index contributed by atoms with van der Waals surface area (Å²) in [6.45, 7) is 1.79. The topological polar surface area (TPSA) is 77.0 Å². The molecule has 0 aromatic heterocycles. The van der Waals surface area contributed by atoms with Crippen molar-refractivity contribution in [3.05, 3.63) is 59.3 Å². The standard InChI is InChI=1S/C23H22N2O4/c1-13-21(29-20-9-5-4-8-19(20)28-13)23(27)24-14-10-11-16-15-6-2-3-7-17(15)22(26)25-18(16)12-14/h4-5,8-13,16,21H,2-3,6-7H2,1H3,(H,25,26). The van der Waals surface area contributed by atoms with Crippen LogP contribution >= 0.6 is 0 Å². The normalized spacial score (nSPS) is 29.0. The number of para-hydroxylation sites is 2. The van der Waals surface area contributed by atoms with Gasteiger partial charge in [-0.15, -0.1) is 0 Å². The van der Waals surface area contributed by atoms with Crippen molar-refractivity contribution in [1.82, 2.24) is 5.32 Å². The molecule has 3 unspecified atom stereocenters. The molecule has 0 radical (unpaired) electrons. The van der Waals surface area contributed by atoms with Crippen LogP contribution in [-0.2, 0) is 9.59 Å². The smallest absolute Gasteiger partial charge is 0.291 e. The second-order valence-corrected chi connectivity index (χ2v) is 7.78. The van der Waals surface area contributed by atoms with Gasteiger partial charge in [0.2, 0.25) is 6.10 Å². The van der Waals surface area contributed by atoms with Crippen LogP contribution in [0.15, 0.2) is 64.3 Å². The Bertz CT molecular complexity index is 1020. The van der Waals surface area contributed by atoms with Gasteiger partial charge in [0.25, 0.3) is 11.8 Å². The van der Waals surface area contributed by atoms with Crippen molar-refractivity contribution < 1.29 is 19.1 Å². The molecule has 2 heterocycles. The zero-order valence-corrected chi connectivity index (χ0v) is 16.2. The molecule has 29 heavy (non-hydrogen) atoms. The Morgan fingerprint density at radius 1 is 1.14 bits per heavy atom. The Balaban J connectivity index is 1.38. The minimum Gasteiger partial charge on any atom is -0.482 e. The van der Waals surface area contributed by atoms with E-state index in [-0.39, 0.29) is 11.8 Å². The summed E-state index contributed by atoms with van der Waals surface area (Å²) in [6.07, 6.45) is 8.39. The second kappa shape index (κ2) is 7.03. The SMILES string of the molecule is CC1Oc2ccccc2OC1C(=O)N=C1C=CC2C(=C1)NC(=O)C1=C2CCCC1. The predicted molar refractivity (Wildman–Crippen MR) is 108 cm³/mol. The summed E-state index contributed by atoms with van der Waals surface area (Å²) in [7, 11) is 0. The number of carbonyl (C=O) groups is 2. The van der Waals surface area contributed by atoms with Crippen LogP contribution in [0.25, 0.3) is 0 Å². The van der Waals surface area contributed by atoms with Crippen LogP contribution in [-0.4, -0.2) is 29.7 Å². The summed E-state index contributed by atoms with van der Waals surface area (Å²) in [6, 6.07) is 7.28. The number of fused-ring (bicyclic) bond motifs is 3. The highest BCUT2D eigenvalue weighted by molar-refractivity contribution is 6.12. The molecule has 1 N–H and O–H groups in total. The van der Waals surface area contributed by atoms with Crippen molar-refractivity contribution in [2.45, 2.75) is 44.8 Å². The largest absolute Gasteiger partial charge is 0.482 e. The molecule has 148 valence electrons. The molecular formula is C23H22N2O4. The second-order valence-electron chi connectivity index (χ2n) is 7.78. The third-order valence-electron chi connectivity index (χ3n) is 5.84. The maximum atomic E-state index is 12.8. The summed E-state index contributed by atoms with van der Waals surface area (Å²) >= 11 is 0. The zero-order chi connectivity index (χ0) is 20.0. The lowest BCUT2D eigenvalue weighted by molar-refractivity contribution is -0.129. The fourth-order valence-corrected chi connectivity index (χ4v) is 4.40. The number of benzene rings is 1. The molecule has 6 heteroatoms. The molecule has 0 saturated carbocycles. The number of nitrogens with one attached hydrogen (secondary N) is 1. The van der Waals surface area contributed by atoms with Crippen molar-refractivity contribution in [3.8, 4) is 11.5 Å². The number of carbonyl (C=O) groups excluding carboxylic acids is 2. The zero-order valence-electron chi connectivity index (χ0n) is 16.2. The van der Waals surface area contributed by atoms with Gasteiger partial charge in [-0.05, 0) is 62.5 Å². The van der Waals surface area contributed by atoms with Gasteiger partial charge in [0.1, 0.15) is 6.10 Å². The average Bonchev–Trinajstić information content (AvgIpc) is 2.73. The van der Waals surface area contributed by atoms with Crippen LogP contribution in [0.3, 0.4) is 0 Å². The number of nitrogens with zero attached hydrogens (tertiary/aromatic N) is 1. The molecular weight excluding hydrogens is 368 g/mol. The van der Waals surface area contributed by atoms with E-state index >= 15 is 0 Å². The highest BCUT2D eigenvalue weighted by atomic mass is 16.6. The van der Waals surface area contributed by atoms with E-state index in [1.54, 1.807) is 19.1 Å². The first-order valence-corrected chi connectivity index (χ1v) is 10.1. The van der Waals surface area contributed by atoms with Gasteiger partial charge in [-0.2, -0.15) is 0 Å². The Hall–Kier alpha value is -3.15. The lowest BCUT2D eigenvalue weighted by atomic mass is 9.77. The number of ether oxygens (including phenoxy) is 2. The Kier molecular flexibility index (Phi) is 4.34. The maximum absolute atomic E-state index is 12.8. The van der Waals surface area contributed by atoms with Gasteiger partial charge >= 0.3 is 0 Å². The molecule has 2 aliphatic carbocycles. The van der Waals surface area contributed by atoms with E-state index in [9.17, 15) is 9.59 Å². The Morgan fingerprint density at radius 2 is 1.90 bits per heavy atom. The summed E-state index contributed by atoms with van der Waals surface area (Å²) < 4.78 is 11.6. The number of aliphatic imine (C=N–C) groups is 1. The lowest BCUT2D eigenvalue weighted by Crippen LogP contribution is -2.43. The first-order chi connectivity index (χ1) is 14.1. The first-order valence-electron chi connectivity index (χ1n) is 10.1. The van der Waals surface area contributed by atoms with Crippen LogP contribution in [0.2, 0.25) is 0 Å². The molecule has 4 aliphatic rings. The quantitative estimate of drug-likeness (QED) is 0.799. The van der Waals surface area contributed by atoms with Gasteiger partial charge in [0.05, 0.1) is 5.71 Å². The lowest BCUT2D eigenvalue weighted by Gasteiger charge is -2.33. The number of amides is 2. The van der Waals surface area contributed by atoms with Crippen LogP contribution in [0.1, 0.15) is 32.6 Å². The van der Waals surface area contributed by atoms with E-state index < -0.39 is 18.1 Å². The van der Waals surface area contributed by atoms with E-state index in [4.69, 9.17) is 9.47 Å². The molecule has 3 atom stereocenters. The van der Waals surface area contributed by atoms with Crippen LogP contribution in [0.4, 0.5) is 0 Å². The highest BCUT2D eigenvalue weighted by Gasteiger charge is 2.35. The summed E-state index contributed by atoms with van der Waals surface area (Å²) in [5, 5.41) is 2.99. The molecule has 2 aliphatic heterocycles. The summed E-state index contributed by atoms with van der Waals surface area (Å²) in [5.74, 6) is 0.829. The molecule has 1 aromatic rings. The first kappa shape index (κ1) is 17.9. The molecule has 0 saturated heterocycles. The molecule has 0 spiro atoms. The third-order valence-corrected chi connectivity index (χ3v) is 5.84. The molecule has 5 rings (SSSR count). The minimum atomic E-state index is -0.810. The van der Waals surface area contributed by atoms with Gasteiger partial charge in [0.15, 0.2) is 11.5 Å². The fourth-order valence-electron chi connectivity index (χ4n) is 4.40. The van der Waals surface area contributed by atoms with Crippen molar-refractivity contribution in [3.63, 3.8) is 0 Å². The van der Waals surface area contributed by atoms with E-state index in [0.29, 0.717) is 17.2 Å². The molecule has 6 nitrogen and oxygen atoms in total. The highest BCUT2D eigenvalue weighted by Crippen LogP contribution is 2.38. The fraction of sp³-hybridized carbons (Fsp3) is 0.348. The van der Waals surface area contributed by atoms with Gasteiger partial charge in [-0.25, -0.2) is 4.99 Å². The average molecular weight is 390 g/mol. The van der Waals surface area contributed by atoms with E-state index in [1.165, 1.54) is 5.57 Å². The van der Waals surface area contributed by atoms with Crippen molar-refractivity contribution in [2.75, 3.05) is 0 Å². The maximum Gasteiger partial charge on any atom is 0.291 e. The van der Waals surface area contributed by atoms with Crippen LogP contribution in [0, 0.1) is 5.92 Å². The van der Waals surface area contributed by atoms with Gasteiger partial charge in [-0.3, -0.25) is 9.59 Å². The monoisotopic (exact) mass is 390 g/mol. The van der Waals surface area contributed by atoms with Crippen molar-refractivity contribution in [2.24, 2.45) is 10.9 Å². The van der Waals surface area contributed by atoms with Gasteiger partial charge in [-0.1, -0.05) is 18.2 Å². The van der Waals surface area contributed by atoms with Crippen LogP contribution in [0.5, 0.6) is 11.5 Å². The van der Waals surface area contributed by atoms with E-state index in [0.717, 1.165) is 37.0 Å². The van der Waals surface area contributed by atoms with Crippen LogP contribution < -0.4 is 14.8 Å². The van der Waals surface area contributed by atoms with E-state index in [2.05, 4.69) is 10.3 Å². The number of hydrogen-bond donors (Lipinski definition) is 1. The molecule has 0 bridgehead atoms. The minimum absolute atomic E-state index is 0.0163. The van der Waals surface area contributed by atoms with Crippen molar-refractivity contribution >= 4 is 17.5 Å². The Labute approximate surface area is 169 Å². The van der Waals surface area contributed by atoms with Gasteiger partial charge < -0.3 is 14.8 Å². The van der Waals surface area contributed by atoms with E-state index in [1.807, 2.05) is 30.4 Å². The predicted octanol–water partition coefficient (Wildman–Crippen LogP) is 3.25. The Morgan fingerprint density at radius 3 is 2.72 bits per heavy atom. The summed E-state index contributed by atoms with van der Waals surface area (Å²) in [5.41, 5.74) is 3.45. The number of hydrogen-bond acceptors (Lipinski definition) is 4. The molecule has 2 amide bonds.